The fourth-order valence-electron chi connectivity index (χ4n) is 2.76. The molecule has 0 N–H and O–H groups in total. The van der Waals surface area contributed by atoms with Crippen LogP contribution >= 0.6 is 0 Å². The molecule has 2 rings (SSSR count). The van der Waals surface area contributed by atoms with Crippen LogP contribution in [0.5, 0.6) is 0 Å². The third-order valence-electron chi connectivity index (χ3n) is 3.86. The second-order valence-corrected chi connectivity index (χ2v) is 5.34. The summed E-state index contributed by atoms with van der Waals surface area (Å²) in [5, 5.41) is 9.55. The van der Waals surface area contributed by atoms with E-state index in [1.165, 1.54) is 42.4 Å². The molecule has 2 heteroatoms. The minimum absolute atomic E-state index is 0.0667. The molecule has 0 amide bonds. The molecule has 0 aliphatic carbocycles. The summed E-state index contributed by atoms with van der Waals surface area (Å²) >= 11 is 0. The molecule has 1 aromatic rings. The maximum absolute atomic E-state index is 9.55. The summed E-state index contributed by atoms with van der Waals surface area (Å²) < 4.78 is 0. The predicted octanol–water partition coefficient (Wildman–Crippen LogP) is 3.74. The SMILES string of the molecule is Cc1ccc(C)c(C(C#N)N2CCCCCC2)c1. The smallest absolute Gasteiger partial charge is 0.124 e. The fraction of sp³-hybridized carbons (Fsp3) is 0.562. The number of nitrogens with zero attached hydrogens (tertiary/aromatic N) is 2. The van der Waals surface area contributed by atoms with Crippen molar-refractivity contribution in [3.63, 3.8) is 0 Å². The van der Waals surface area contributed by atoms with Crippen molar-refractivity contribution < 1.29 is 0 Å². The van der Waals surface area contributed by atoms with E-state index in [-0.39, 0.29) is 6.04 Å². The van der Waals surface area contributed by atoms with Crippen LogP contribution in [-0.2, 0) is 0 Å². The highest BCUT2D eigenvalue weighted by Crippen LogP contribution is 2.26. The Bertz CT molecular complexity index is 437. The summed E-state index contributed by atoms with van der Waals surface area (Å²) in [5.74, 6) is 0. The second kappa shape index (κ2) is 6.02. The molecule has 1 aromatic carbocycles. The van der Waals surface area contributed by atoms with Gasteiger partial charge in [-0.05, 0) is 50.9 Å². The number of hydrogen-bond acceptors (Lipinski definition) is 2. The Hall–Kier alpha value is -1.33. The topological polar surface area (TPSA) is 27.0 Å². The minimum atomic E-state index is -0.0667. The zero-order valence-corrected chi connectivity index (χ0v) is 11.4. The summed E-state index contributed by atoms with van der Waals surface area (Å²) in [4.78, 5) is 2.36. The monoisotopic (exact) mass is 242 g/mol. The number of benzene rings is 1. The van der Waals surface area contributed by atoms with Gasteiger partial charge in [0.1, 0.15) is 6.04 Å². The standard InChI is InChI=1S/C16H22N2/c1-13-7-8-14(2)15(11-13)16(12-17)18-9-5-3-4-6-10-18/h7-8,11,16H,3-6,9-10H2,1-2H3. The van der Waals surface area contributed by atoms with Crippen LogP contribution in [0.25, 0.3) is 0 Å². The molecule has 1 heterocycles. The van der Waals surface area contributed by atoms with Crippen molar-refractivity contribution >= 4 is 0 Å². The van der Waals surface area contributed by atoms with Crippen molar-refractivity contribution in [1.82, 2.24) is 4.90 Å². The zero-order chi connectivity index (χ0) is 13.0. The van der Waals surface area contributed by atoms with Crippen molar-refractivity contribution in [2.75, 3.05) is 13.1 Å². The van der Waals surface area contributed by atoms with Gasteiger partial charge in [0, 0.05) is 0 Å². The Balaban J connectivity index is 2.26. The molecule has 2 nitrogen and oxygen atoms in total. The third kappa shape index (κ3) is 2.91. The van der Waals surface area contributed by atoms with E-state index in [9.17, 15) is 5.26 Å². The first-order chi connectivity index (χ1) is 8.72. The van der Waals surface area contributed by atoms with Gasteiger partial charge >= 0.3 is 0 Å². The van der Waals surface area contributed by atoms with Crippen molar-refractivity contribution in [3.05, 3.63) is 34.9 Å². The van der Waals surface area contributed by atoms with Crippen LogP contribution in [0.1, 0.15) is 48.4 Å². The number of rotatable bonds is 2. The van der Waals surface area contributed by atoms with Gasteiger partial charge in [-0.25, -0.2) is 0 Å². The highest BCUT2D eigenvalue weighted by Gasteiger charge is 2.22. The highest BCUT2D eigenvalue weighted by molar-refractivity contribution is 5.35. The number of aryl methyl sites for hydroxylation is 2. The Morgan fingerprint density at radius 2 is 1.78 bits per heavy atom. The summed E-state index contributed by atoms with van der Waals surface area (Å²) in [6.45, 7) is 6.33. The van der Waals surface area contributed by atoms with E-state index < -0.39 is 0 Å². The molecule has 0 saturated carbocycles. The van der Waals surface area contributed by atoms with Crippen LogP contribution in [0.3, 0.4) is 0 Å². The zero-order valence-electron chi connectivity index (χ0n) is 11.4. The van der Waals surface area contributed by atoms with E-state index in [0.29, 0.717) is 0 Å². The summed E-state index contributed by atoms with van der Waals surface area (Å²) in [5.41, 5.74) is 3.67. The Labute approximate surface area is 110 Å². The summed E-state index contributed by atoms with van der Waals surface area (Å²) in [6.07, 6.45) is 5.06. The number of nitriles is 1. The lowest BCUT2D eigenvalue weighted by atomic mass is 9.98. The van der Waals surface area contributed by atoms with Crippen LogP contribution in [-0.4, -0.2) is 18.0 Å². The predicted molar refractivity (Wildman–Crippen MR) is 74.3 cm³/mol. The van der Waals surface area contributed by atoms with Crippen LogP contribution in [0.4, 0.5) is 0 Å². The van der Waals surface area contributed by atoms with Gasteiger partial charge in [-0.1, -0.05) is 36.6 Å². The second-order valence-electron chi connectivity index (χ2n) is 5.34. The molecule has 0 bridgehead atoms. The normalized spacial score (nSPS) is 18.9. The van der Waals surface area contributed by atoms with Crippen molar-refractivity contribution in [3.8, 4) is 6.07 Å². The Morgan fingerprint density at radius 1 is 1.11 bits per heavy atom. The van der Waals surface area contributed by atoms with Gasteiger partial charge < -0.3 is 0 Å². The average Bonchev–Trinajstić information content (AvgIpc) is 2.64. The number of likely N-dealkylation sites (tertiary alicyclic amines) is 1. The van der Waals surface area contributed by atoms with Crippen LogP contribution in [0, 0.1) is 25.2 Å². The lowest BCUT2D eigenvalue weighted by molar-refractivity contribution is 0.245. The average molecular weight is 242 g/mol. The molecule has 1 fully saturated rings. The summed E-state index contributed by atoms with van der Waals surface area (Å²) in [6, 6.07) is 8.87. The molecule has 1 saturated heterocycles. The van der Waals surface area contributed by atoms with Gasteiger partial charge in [0.05, 0.1) is 6.07 Å². The fourth-order valence-corrected chi connectivity index (χ4v) is 2.76. The largest absolute Gasteiger partial charge is 0.284 e. The molecule has 0 aromatic heterocycles. The first-order valence-electron chi connectivity index (χ1n) is 6.93. The molecule has 1 aliphatic rings. The highest BCUT2D eigenvalue weighted by atomic mass is 15.2. The van der Waals surface area contributed by atoms with E-state index >= 15 is 0 Å². The maximum Gasteiger partial charge on any atom is 0.124 e. The van der Waals surface area contributed by atoms with Gasteiger partial charge in [-0.2, -0.15) is 5.26 Å². The lowest BCUT2D eigenvalue weighted by Gasteiger charge is -2.27. The van der Waals surface area contributed by atoms with Gasteiger partial charge in [0.25, 0.3) is 0 Å². The van der Waals surface area contributed by atoms with Crippen LogP contribution < -0.4 is 0 Å². The maximum atomic E-state index is 9.55. The van der Waals surface area contributed by atoms with Crippen LogP contribution in [0.2, 0.25) is 0 Å². The molecule has 1 unspecified atom stereocenters. The Morgan fingerprint density at radius 3 is 2.39 bits per heavy atom. The molecule has 0 radical (unpaired) electrons. The van der Waals surface area contributed by atoms with Crippen molar-refractivity contribution in [2.45, 2.75) is 45.6 Å². The first kappa shape index (κ1) is 13.1. The first-order valence-corrected chi connectivity index (χ1v) is 6.93. The Kier molecular flexibility index (Phi) is 4.38. The van der Waals surface area contributed by atoms with E-state index in [4.69, 9.17) is 0 Å². The van der Waals surface area contributed by atoms with E-state index in [1.807, 2.05) is 0 Å². The van der Waals surface area contributed by atoms with Gasteiger partial charge in [0.2, 0.25) is 0 Å². The van der Waals surface area contributed by atoms with Crippen molar-refractivity contribution in [2.24, 2.45) is 0 Å². The molecule has 1 atom stereocenters. The molecule has 96 valence electrons. The lowest BCUT2D eigenvalue weighted by Crippen LogP contribution is -2.29. The quantitative estimate of drug-likeness (QED) is 0.790. The molecule has 18 heavy (non-hydrogen) atoms. The van der Waals surface area contributed by atoms with E-state index in [0.717, 1.165) is 13.1 Å². The molecule has 0 spiro atoms. The molecular formula is C16H22N2. The van der Waals surface area contributed by atoms with Gasteiger partial charge in [-0.3, -0.25) is 4.90 Å². The molecular weight excluding hydrogens is 220 g/mol. The molecule has 1 aliphatic heterocycles. The third-order valence-corrected chi connectivity index (χ3v) is 3.86. The van der Waals surface area contributed by atoms with Crippen LogP contribution in [0.15, 0.2) is 18.2 Å². The van der Waals surface area contributed by atoms with Gasteiger partial charge in [0.15, 0.2) is 0 Å². The van der Waals surface area contributed by atoms with Crippen molar-refractivity contribution in [1.29, 1.82) is 5.26 Å². The van der Waals surface area contributed by atoms with Gasteiger partial charge in [-0.15, -0.1) is 0 Å². The van der Waals surface area contributed by atoms with E-state index in [1.54, 1.807) is 0 Å². The summed E-state index contributed by atoms with van der Waals surface area (Å²) in [7, 11) is 0. The number of hydrogen-bond donors (Lipinski definition) is 0. The minimum Gasteiger partial charge on any atom is -0.284 e. The van der Waals surface area contributed by atoms with E-state index in [2.05, 4.69) is 43.0 Å².